The van der Waals surface area contributed by atoms with E-state index in [1.807, 2.05) is 23.1 Å². The van der Waals surface area contributed by atoms with Crippen molar-refractivity contribution in [2.45, 2.75) is 32.6 Å². The van der Waals surface area contributed by atoms with Gasteiger partial charge >= 0.3 is 6.03 Å². The number of rotatable bonds is 1. The molecule has 1 heterocycles. The number of urea groups is 1. The number of carbonyl (C=O) groups excluding carboxylic acids is 1. The molecule has 1 N–H and O–H groups in total. The SMILES string of the molecule is CC(C)(C)c1ccc(NC(=O)N2CC=CCC2)cc1. The van der Waals surface area contributed by atoms with Gasteiger partial charge in [-0.15, -0.1) is 0 Å². The normalized spacial score (nSPS) is 15.4. The monoisotopic (exact) mass is 258 g/mol. The van der Waals surface area contributed by atoms with Crippen molar-refractivity contribution in [3.05, 3.63) is 42.0 Å². The number of hydrogen-bond acceptors (Lipinski definition) is 1. The van der Waals surface area contributed by atoms with Gasteiger partial charge in [0.2, 0.25) is 0 Å². The molecule has 0 spiro atoms. The molecule has 2 rings (SSSR count). The molecule has 0 fully saturated rings. The first kappa shape index (κ1) is 13.7. The minimum absolute atomic E-state index is 0.0205. The maximum atomic E-state index is 12.0. The summed E-state index contributed by atoms with van der Waals surface area (Å²) in [6, 6.07) is 8.07. The van der Waals surface area contributed by atoms with Crippen molar-refractivity contribution < 1.29 is 4.79 Å². The number of carbonyl (C=O) groups is 1. The van der Waals surface area contributed by atoms with Crippen LogP contribution in [0.5, 0.6) is 0 Å². The van der Waals surface area contributed by atoms with Crippen LogP contribution in [0.4, 0.5) is 10.5 Å². The van der Waals surface area contributed by atoms with E-state index in [1.54, 1.807) is 0 Å². The zero-order valence-corrected chi connectivity index (χ0v) is 11.9. The Labute approximate surface area is 115 Å². The Morgan fingerprint density at radius 2 is 1.84 bits per heavy atom. The van der Waals surface area contributed by atoms with Crippen molar-refractivity contribution in [2.24, 2.45) is 0 Å². The summed E-state index contributed by atoms with van der Waals surface area (Å²) in [6.45, 7) is 8.04. The van der Waals surface area contributed by atoms with E-state index in [4.69, 9.17) is 0 Å². The summed E-state index contributed by atoms with van der Waals surface area (Å²) in [5.41, 5.74) is 2.26. The second kappa shape index (κ2) is 5.47. The highest BCUT2D eigenvalue weighted by atomic mass is 16.2. The van der Waals surface area contributed by atoms with Crippen molar-refractivity contribution >= 4 is 11.7 Å². The number of anilines is 1. The molecule has 1 aliphatic heterocycles. The number of benzene rings is 1. The number of hydrogen-bond donors (Lipinski definition) is 1. The first-order valence-corrected chi connectivity index (χ1v) is 6.78. The maximum absolute atomic E-state index is 12.0. The third-order valence-electron chi connectivity index (χ3n) is 3.35. The van der Waals surface area contributed by atoms with Crippen molar-refractivity contribution in [1.29, 1.82) is 0 Å². The Kier molecular flexibility index (Phi) is 3.93. The molecule has 0 bridgehead atoms. The third kappa shape index (κ3) is 3.60. The molecular weight excluding hydrogens is 236 g/mol. The number of nitrogens with one attached hydrogen (secondary N) is 1. The summed E-state index contributed by atoms with van der Waals surface area (Å²) >= 11 is 0. The van der Waals surface area contributed by atoms with Crippen LogP contribution >= 0.6 is 0 Å². The summed E-state index contributed by atoms with van der Waals surface area (Å²) in [5.74, 6) is 0. The maximum Gasteiger partial charge on any atom is 0.322 e. The second-order valence-electron chi connectivity index (χ2n) is 5.96. The average Bonchev–Trinajstić information content (AvgIpc) is 2.39. The lowest BCUT2D eigenvalue weighted by Gasteiger charge is -2.24. The van der Waals surface area contributed by atoms with Crippen LogP contribution in [0.3, 0.4) is 0 Å². The third-order valence-corrected chi connectivity index (χ3v) is 3.35. The van der Waals surface area contributed by atoms with E-state index in [2.05, 4.69) is 44.3 Å². The molecule has 0 atom stereocenters. The summed E-state index contributed by atoms with van der Waals surface area (Å²) in [4.78, 5) is 13.8. The molecule has 0 radical (unpaired) electrons. The van der Waals surface area contributed by atoms with E-state index >= 15 is 0 Å². The highest BCUT2D eigenvalue weighted by molar-refractivity contribution is 5.89. The van der Waals surface area contributed by atoms with Crippen molar-refractivity contribution in [1.82, 2.24) is 4.90 Å². The molecule has 1 aromatic rings. The Morgan fingerprint density at radius 1 is 1.16 bits per heavy atom. The fraction of sp³-hybridized carbons (Fsp3) is 0.438. The topological polar surface area (TPSA) is 32.3 Å². The van der Waals surface area contributed by atoms with Gasteiger partial charge in [-0.1, -0.05) is 45.1 Å². The molecule has 1 aromatic carbocycles. The number of amides is 2. The highest BCUT2D eigenvalue weighted by Crippen LogP contribution is 2.23. The van der Waals surface area contributed by atoms with Crippen LogP contribution in [-0.2, 0) is 5.41 Å². The van der Waals surface area contributed by atoms with Gasteiger partial charge < -0.3 is 10.2 Å². The Hall–Kier alpha value is -1.77. The fourth-order valence-electron chi connectivity index (χ4n) is 2.08. The molecule has 2 amide bonds. The van der Waals surface area contributed by atoms with Gasteiger partial charge in [0, 0.05) is 18.8 Å². The molecule has 0 saturated heterocycles. The largest absolute Gasteiger partial charge is 0.322 e. The Bertz CT molecular complexity index is 469. The minimum atomic E-state index is -0.0205. The first-order chi connectivity index (χ1) is 8.97. The van der Waals surface area contributed by atoms with E-state index < -0.39 is 0 Å². The van der Waals surface area contributed by atoms with Gasteiger partial charge in [0.15, 0.2) is 0 Å². The Balaban J connectivity index is 1.99. The summed E-state index contributed by atoms with van der Waals surface area (Å²) < 4.78 is 0. The van der Waals surface area contributed by atoms with Gasteiger partial charge in [0.1, 0.15) is 0 Å². The lowest BCUT2D eigenvalue weighted by Crippen LogP contribution is -2.37. The van der Waals surface area contributed by atoms with Gasteiger partial charge in [-0.05, 0) is 29.5 Å². The van der Waals surface area contributed by atoms with Crippen LogP contribution in [0.15, 0.2) is 36.4 Å². The zero-order valence-electron chi connectivity index (χ0n) is 11.9. The van der Waals surface area contributed by atoms with Crippen LogP contribution < -0.4 is 5.32 Å². The Morgan fingerprint density at radius 3 is 2.37 bits per heavy atom. The van der Waals surface area contributed by atoms with Gasteiger partial charge in [0.05, 0.1) is 0 Å². The van der Waals surface area contributed by atoms with Crippen molar-refractivity contribution in [3.63, 3.8) is 0 Å². The predicted molar refractivity (Wildman–Crippen MR) is 79.5 cm³/mol. The number of nitrogens with zero attached hydrogens (tertiary/aromatic N) is 1. The molecule has 0 aliphatic carbocycles. The van der Waals surface area contributed by atoms with Crippen LogP contribution in [0.1, 0.15) is 32.8 Å². The van der Waals surface area contributed by atoms with Crippen molar-refractivity contribution in [3.8, 4) is 0 Å². The molecular formula is C16H22N2O. The van der Waals surface area contributed by atoms with Crippen LogP contribution in [0, 0.1) is 0 Å². The van der Waals surface area contributed by atoms with E-state index in [1.165, 1.54) is 5.56 Å². The second-order valence-corrected chi connectivity index (χ2v) is 5.96. The predicted octanol–water partition coefficient (Wildman–Crippen LogP) is 3.78. The van der Waals surface area contributed by atoms with E-state index in [-0.39, 0.29) is 11.4 Å². The average molecular weight is 258 g/mol. The minimum Gasteiger partial charge on any atom is -0.321 e. The molecule has 19 heavy (non-hydrogen) atoms. The van der Waals surface area contributed by atoms with E-state index in [0.29, 0.717) is 6.54 Å². The smallest absolute Gasteiger partial charge is 0.321 e. The van der Waals surface area contributed by atoms with Gasteiger partial charge in [-0.2, -0.15) is 0 Å². The standard InChI is InChI=1S/C16H22N2O/c1-16(2,3)13-7-9-14(10-8-13)17-15(19)18-11-5-4-6-12-18/h4-5,7-10H,6,11-12H2,1-3H3,(H,17,19). The first-order valence-electron chi connectivity index (χ1n) is 6.78. The lowest BCUT2D eigenvalue weighted by molar-refractivity contribution is 0.216. The van der Waals surface area contributed by atoms with Gasteiger partial charge in [-0.3, -0.25) is 0 Å². The molecule has 0 unspecified atom stereocenters. The molecule has 102 valence electrons. The van der Waals surface area contributed by atoms with Crippen molar-refractivity contribution in [2.75, 3.05) is 18.4 Å². The van der Waals surface area contributed by atoms with Crippen LogP contribution in [-0.4, -0.2) is 24.0 Å². The van der Waals surface area contributed by atoms with E-state index in [0.717, 1.165) is 18.7 Å². The molecule has 3 nitrogen and oxygen atoms in total. The van der Waals surface area contributed by atoms with E-state index in [9.17, 15) is 4.79 Å². The summed E-state index contributed by atoms with van der Waals surface area (Å²) in [6.07, 6.45) is 5.09. The summed E-state index contributed by atoms with van der Waals surface area (Å²) in [7, 11) is 0. The van der Waals surface area contributed by atoms with Crippen LogP contribution in [0.2, 0.25) is 0 Å². The molecule has 0 saturated carbocycles. The quantitative estimate of drug-likeness (QED) is 0.764. The lowest BCUT2D eigenvalue weighted by atomic mass is 9.87. The fourth-order valence-corrected chi connectivity index (χ4v) is 2.08. The highest BCUT2D eigenvalue weighted by Gasteiger charge is 2.15. The zero-order chi connectivity index (χ0) is 13.9. The summed E-state index contributed by atoms with van der Waals surface area (Å²) in [5, 5.41) is 2.94. The molecule has 0 aromatic heterocycles. The van der Waals surface area contributed by atoms with Gasteiger partial charge in [-0.25, -0.2) is 4.79 Å². The van der Waals surface area contributed by atoms with Gasteiger partial charge in [0.25, 0.3) is 0 Å². The molecule has 3 heteroatoms. The molecule has 1 aliphatic rings. The van der Waals surface area contributed by atoms with Crippen LogP contribution in [0.25, 0.3) is 0 Å².